The number of hydrogen-bond donors (Lipinski definition) is 2. The highest BCUT2D eigenvalue weighted by atomic mass is 16.1. The normalized spacial score (nSPS) is 30.2. The zero-order chi connectivity index (χ0) is 11.2. The first-order valence-corrected chi connectivity index (χ1v) is 5.58. The number of aromatic amines is 1. The summed E-state index contributed by atoms with van der Waals surface area (Å²) in [5.74, 6) is 0.170. The smallest absolute Gasteiger partial charge is 0.248 e. The summed E-state index contributed by atoms with van der Waals surface area (Å²) in [6.07, 6.45) is 3.83. The number of hydrogen-bond acceptors (Lipinski definition) is 3. The van der Waals surface area contributed by atoms with Gasteiger partial charge in [-0.05, 0) is 24.5 Å². The standard InChI is InChI=1S/C12H13N3O/c13-6-10-9(7-15-12(10)2-3-12)8-1-4-14-11(16)5-8/h1,4-5,9-10,15H,2-3,7H2,(H,14,16)/t9-,10-/m0/s1. The molecule has 0 amide bonds. The molecule has 4 heteroatoms. The Labute approximate surface area is 93.3 Å². The minimum Gasteiger partial charge on any atom is -0.329 e. The van der Waals surface area contributed by atoms with Gasteiger partial charge in [0.05, 0.1) is 12.0 Å². The van der Waals surface area contributed by atoms with Gasteiger partial charge in [0.15, 0.2) is 0 Å². The van der Waals surface area contributed by atoms with Crippen molar-refractivity contribution in [2.45, 2.75) is 24.3 Å². The van der Waals surface area contributed by atoms with E-state index >= 15 is 0 Å². The largest absolute Gasteiger partial charge is 0.329 e. The Morgan fingerprint density at radius 2 is 2.31 bits per heavy atom. The van der Waals surface area contributed by atoms with Crippen molar-refractivity contribution in [1.29, 1.82) is 5.26 Å². The fraction of sp³-hybridized carbons (Fsp3) is 0.500. The molecule has 1 spiro atoms. The number of nitrogens with one attached hydrogen (secondary N) is 2. The van der Waals surface area contributed by atoms with Crippen LogP contribution >= 0.6 is 0 Å². The first-order chi connectivity index (χ1) is 7.75. The van der Waals surface area contributed by atoms with Gasteiger partial charge in [-0.15, -0.1) is 0 Å². The lowest BCUT2D eigenvalue weighted by Crippen LogP contribution is -2.28. The van der Waals surface area contributed by atoms with Gasteiger partial charge in [-0.25, -0.2) is 0 Å². The third-order valence-electron chi connectivity index (χ3n) is 3.83. The predicted molar refractivity (Wildman–Crippen MR) is 58.9 cm³/mol. The summed E-state index contributed by atoms with van der Waals surface area (Å²) >= 11 is 0. The maximum Gasteiger partial charge on any atom is 0.248 e. The van der Waals surface area contributed by atoms with E-state index in [0.29, 0.717) is 0 Å². The molecule has 2 atom stereocenters. The molecule has 2 heterocycles. The second kappa shape index (κ2) is 3.19. The molecule has 2 N–H and O–H groups in total. The van der Waals surface area contributed by atoms with Crippen LogP contribution in [0.15, 0.2) is 23.1 Å². The molecule has 1 aliphatic heterocycles. The molecule has 16 heavy (non-hydrogen) atoms. The van der Waals surface area contributed by atoms with E-state index in [4.69, 9.17) is 0 Å². The highest BCUT2D eigenvalue weighted by Gasteiger charge is 2.56. The van der Waals surface area contributed by atoms with Gasteiger partial charge in [0.1, 0.15) is 0 Å². The average Bonchev–Trinajstić information content (AvgIpc) is 2.93. The van der Waals surface area contributed by atoms with Crippen molar-refractivity contribution in [3.05, 3.63) is 34.2 Å². The third-order valence-corrected chi connectivity index (χ3v) is 3.83. The van der Waals surface area contributed by atoms with Crippen LogP contribution in [0, 0.1) is 17.2 Å². The Morgan fingerprint density at radius 3 is 2.94 bits per heavy atom. The number of H-pyrrole nitrogens is 1. The zero-order valence-corrected chi connectivity index (χ0v) is 8.86. The van der Waals surface area contributed by atoms with Crippen LogP contribution in [0.3, 0.4) is 0 Å². The topological polar surface area (TPSA) is 68.7 Å². The molecule has 1 aromatic heterocycles. The quantitative estimate of drug-likeness (QED) is 0.725. The number of rotatable bonds is 1. The van der Waals surface area contributed by atoms with Gasteiger partial charge in [-0.1, -0.05) is 0 Å². The molecule has 4 nitrogen and oxygen atoms in total. The molecule has 1 aliphatic carbocycles. The van der Waals surface area contributed by atoms with Crippen molar-refractivity contribution in [3.63, 3.8) is 0 Å². The van der Waals surface area contributed by atoms with E-state index in [2.05, 4.69) is 16.4 Å². The third kappa shape index (κ3) is 1.29. The van der Waals surface area contributed by atoms with Crippen LogP contribution in [-0.2, 0) is 0 Å². The van der Waals surface area contributed by atoms with E-state index in [1.807, 2.05) is 6.07 Å². The van der Waals surface area contributed by atoms with E-state index in [-0.39, 0.29) is 22.9 Å². The molecule has 3 rings (SSSR count). The maximum atomic E-state index is 11.3. The Bertz CT molecular complexity index is 509. The summed E-state index contributed by atoms with van der Waals surface area (Å²) in [5.41, 5.74) is 0.944. The van der Waals surface area contributed by atoms with E-state index in [0.717, 1.165) is 24.9 Å². The molecule has 2 aliphatic rings. The molecular weight excluding hydrogens is 202 g/mol. The van der Waals surface area contributed by atoms with Gasteiger partial charge in [-0.2, -0.15) is 5.26 Å². The minimum atomic E-state index is -0.0917. The van der Waals surface area contributed by atoms with Crippen molar-refractivity contribution >= 4 is 0 Å². The van der Waals surface area contributed by atoms with Crippen LogP contribution in [0.2, 0.25) is 0 Å². The second-order valence-corrected chi connectivity index (χ2v) is 4.74. The first kappa shape index (κ1) is 9.61. The second-order valence-electron chi connectivity index (χ2n) is 4.74. The predicted octanol–water partition coefficient (Wildman–Crippen LogP) is 0.734. The Balaban J connectivity index is 1.97. The fourth-order valence-corrected chi connectivity index (χ4v) is 2.76. The molecule has 1 aromatic rings. The Morgan fingerprint density at radius 1 is 1.50 bits per heavy atom. The number of aromatic nitrogens is 1. The lowest BCUT2D eigenvalue weighted by molar-refractivity contribution is 0.496. The molecule has 0 bridgehead atoms. The summed E-state index contributed by atoms with van der Waals surface area (Å²) in [6, 6.07) is 5.92. The Kier molecular flexibility index (Phi) is 1.92. The summed E-state index contributed by atoms with van der Waals surface area (Å²) in [4.78, 5) is 13.9. The number of nitrogens with zero attached hydrogens (tertiary/aromatic N) is 1. The molecule has 1 saturated carbocycles. The van der Waals surface area contributed by atoms with E-state index in [9.17, 15) is 10.1 Å². The summed E-state index contributed by atoms with van der Waals surface area (Å²) in [7, 11) is 0. The molecule has 1 saturated heterocycles. The van der Waals surface area contributed by atoms with Crippen LogP contribution in [-0.4, -0.2) is 17.1 Å². The van der Waals surface area contributed by atoms with Crippen molar-refractivity contribution in [1.82, 2.24) is 10.3 Å². The van der Waals surface area contributed by atoms with Gasteiger partial charge < -0.3 is 10.3 Å². The van der Waals surface area contributed by atoms with E-state index < -0.39 is 0 Å². The molecule has 0 unspecified atom stereocenters. The van der Waals surface area contributed by atoms with Gasteiger partial charge in [0.25, 0.3) is 0 Å². The van der Waals surface area contributed by atoms with Crippen molar-refractivity contribution in [2.75, 3.05) is 6.54 Å². The van der Waals surface area contributed by atoms with Crippen molar-refractivity contribution < 1.29 is 0 Å². The number of nitriles is 1. The van der Waals surface area contributed by atoms with E-state index in [1.54, 1.807) is 12.3 Å². The van der Waals surface area contributed by atoms with Gasteiger partial charge in [-0.3, -0.25) is 4.79 Å². The first-order valence-electron chi connectivity index (χ1n) is 5.58. The van der Waals surface area contributed by atoms with Crippen molar-refractivity contribution in [2.24, 2.45) is 5.92 Å². The maximum absolute atomic E-state index is 11.3. The summed E-state index contributed by atoms with van der Waals surface area (Å²) in [6.45, 7) is 0.807. The zero-order valence-electron chi connectivity index (χ0n) is 8.86. The monoisotopic (exact) mass is 215 g/mol. The fourth-order valence-electron chi connectivity index (χ4n) is 2.76. The SMILES string of the molecule is N#C[C@H]1[C@H](c2cc[nH]c(=O)c2)CNC12CC2. The summed E-state index contributed by atoms with van der Waals surface area (Å²) in [5, 5.41) is 12.7. The Hall–Kier alpha value is -1.60. The highest BCUT2D eigenvalue weighted by molar-refractivity contribution is 5.30. The van der Waals surface area contributed by atoms with Crippen LogP contribution in [0.1, 0.15) is 24.3 Å². The molecule has 0 radical (unpaired) electrons. The molecule has 82 valence electrons. The van der Waals surface area contributed by atoms with Gasteiger partial charge >= 0.3 is 0 Å². The number of pyridine rings is 1. The van der Waals surface area contributed by atoms with Crippen LogP contribution in [0.4, 0.5) is 0 Å². The van der Waals surface area contributed by atoms with E-state index in [1.165, 1.54) is 0 Å². The average molecular weight is 215 g/mol. The molecule has 0 aromatic carbocycles. The van der Waals surface area contributed by atoms with Crippen LogP contribution < -0.4 is 10.9 Å². The summed E-state index contributed by atoms with van der Waals surface area (Å²) < 4.78 is 0. The lowest BCUT2D eigenvalue weighted by atomic mass is 9.85. The van der Waals surface area contributed by atoms with Crippen molar-refractivity contribution in [3.8, 4) is 6.07 Å². The van der Waals surface area contributed by atoms with Gasteiger partial charge in [0, 0.05) is 30.3 Å². The lowest BCUT2D eigenvalue weighted by Gasteiger charge is -2.16. The highest BCUT2D eigenvalue weighted by Crippen LogP contribution is 2.51. The minimum absolute atomic E-state index is 0.00861. The van der Waals surface area contributed by atoms with Gasteiger partial charge in [0.2, 0.25) is 5.56 Å². The van der Waals surface area contributed by atoms with Crippen LogP contribution in [0.25, 0.3) is 0 Å². The van der Waals surface area contributed by atoms with Crippen LogP contribution in [0.5, 0.6) is 0 Å². The molecular formula is C12H13N3O. The molecule has 2 fully saturated rings.